The van der Waals surface area contributed by atoms with Crippen molar-refractivity contribution >= 4 is 59.2 Å². The van der Waals surface area contributed by atoms with Gasteiger partial charge in [-0.3, -0.25) is 38.4 Å². The van der Waals surface area contributed by atoms with Gasteiger partial charge in [0.05, 0.1) is 50.2 Å². The lowest BCUT2D eigenvalue weighted by molar-refractivity contribution is -0.144. The van der Waals surface area contributed by atoms with Gasteiger partial charge in [-0.1, -0.05) is 11.5 Å². The molecule has 0 aromatic carbocycles. The van der Waals surface area contributed by atoms with Crippen LogP contribution in [0.2, 0.25) is 0 Å². The van der Waals surface area contributed by atoms with E-state index in [4.69, 9.17) is 16.0 Å². The lowest BCUT2D eigenvalue weighted by Crippen LogP contribution is -2.35. The number of hydrogen-bond acceptors (Lipinski definition) is 17. The molecule has 5 aromatic heterocycles. The van der Waals surface area contributed by atoms with Gasteiger partial charge in [-0.25, -0.2) is 24.9 Å². The van der Waals surface area contributed by atoms with Crippen LogP contribution in [0.25, 0.3) is 10.4 Å². The van der Waals surface area contributed by atoms with Crippen LogP contribution in [0, 0.1) is 35.5 Å². The molecule has 0 fully saturated rings. The van der Waals surface area contributed by atoms with E-state index in [9.17, 15) is 43.5 Å². The molecule has 0 spiro atoms. The first kappa shape index (κ1) is 62.4. The van der Waals surface area contributed by atoms with E-state index in [1.165, 1.54) is 50.2 Å². The largest absolute Gasteiger partial charge is 0.481 e. The number of H-pyrrole nitrogens is 5. The van der Waals surface area contributed by atoms with Crippen molar-refractivity contribution in [3.05, 3.63) is 102 Å². The number of imidazole rings is 5. The van der Waals surface area contributed by atoms with Gasteiger partial charge in [0, 0.05) is 171 Å². The molecule has 0 saturated carbocycles. The molecule has 79 heavy (non-hydrogen) atoms. The maximum Gasteiger partial charge on any atom is 0.307 e. The number of rotatable bonds is 44. The van der Waals surface area contributed by atoms with E-state index >= 15 is 0 Å². The zero-order chi connectivity index (χ0) is 56.8. The molecule has 0 aliphatic heterocycles. The van der Waals surface area contributed by atoms with Gasteiger partial charge in [-0.2, -0.15) is 12.6 Å². The lowest BCUT2D eigenvalue weighted by atomic mass is 9.79. The van der Waals surface area contributed by atoms with E-state index in [0.29, 0.717) is 80.3 Å². The number of Topliss-reactive ketones (excluding diaryl/α,β-unsaturated/α-hetero) is 6. The highest BCUT2D eigenvalue weighted by Crippen LogP contribution is 2.28. The molecule has 426 valence electrons. The number of hydrogen-bond donors (Lipinski definition) is 9. The van der Waals surface area contributed by atoms with Crippen LogP contribution >= 0.6 is 12.6 Å². The standard InChI is InChI=1S/C53H73N15O10S/c54-45(6-3-4-8-61-52(75)7-2-1-5-10-78-11-9-67-68-55)51(74)20-37(15-43-26-59-32-65-43)47(70)17-34(12-40-23-56-29-62-40)46(69)18-35(13-41-24-57-30-63-41)49(72)22-39(28-79)50(73)19-36(14-42-25-58-31-64-42)48(71)21-38(53(76)77)16-44-27-60-33-66-44/h23-27,29-39,45,79H,1-22,28,54H2,(H,56,62)(H,57,63)(H,58,64)(H,59,65)(H,60,66)(H,61,75)(H,76,77). The number of ether oxygens (including phenoxy) is 1. The van der Waals surface area contributed by atoms with Gasteiger partial charge >= 0.3 is 5.97 Å². The quantitative estimate of drug-likeness (QED) is 0.00833. The minimum Gasteiger partial charge on any atom is -0.481 e. The maximum atomic E-state index is 14.7. The Morgan fingerprint density at radius 2 is 0.949 bits per heavy atom. The highest BCUT2D eigenvalue weighted by atomic mass is 32.1. The van der Waals surface area contributed by atoms with Crippen LogP contribution in [-0.4, -0.2) is 140 Å². The predicted octanol–water partition coefficient (Wildman–Crippen LogP) is 4.78. The zero-order valence-electron chi connectivity index (χ0n) is 44.3. The minimum absolute atomic E-state index is 0.0178. The number of carbonyl (C=O) groups excluding carboxylic acids is 7. The molecule has 25 nitrogen and oxygen atoms in total. The van der Waals surface area contributed by atoms with Crippen LogP contribution in [0.5, 0.6) is 0 Å². The average molecular weight is 1110 g/mol. The first-order valence-corrected chi connectivity index (χ1v) is 27.3. The van der Waals surface area contributed by atoms with Crippen molar-refractivity contribution in [3.8, 4) is 0 Å². The van der Waals surface area contributed by atoms with Crippen LogP contribution in [-0.2, 0) is 75.2 Å². The predicted molar refractivity (Wildman–Crippen MR) is 290 cm³/mol. The summed E-state index contributed by atoms with van der Waals surface area (Å²) in [7, 11) is 0. The van der Waals surface area contributed by atoms with Crippen molar-refractivity contribution < 1.29 is 48.2 Å². The van der Waals surface area contributed by atoms with Crippen molar-refractivity contribution in [1.82, 2.24) is 55.2 Å². The number of aromatic amines is 5. The first-order valence-electron chi connectivity index (χ1n) is 26.7. The van der Waals surface area contributed by atoms with E-state index in [2.05, 4.69) is 77.8 Å². The summed E-state index contributed by atoms with van der Waals surface area (Å²) in [6.07, 6.45) is 17.5. The number of nitrogens with two attached hydrogens (primary N) is 1. The van der Waals surface area contributed by atoms with Gasteiger partial charge in [0.25, 0.3) is 0 Å². The second-order valence-electron chi connectivity index (χ2n) is 20.0. The molecule has 1 amide bonds. The Morgan fingerprint density at radius 1 is 0.557 bits per heavy atom. The van der Waals surface area contributed by atoms with Crippen molar-refractivity contribution in [1.29, 1.82) is 0 Å². The van der Waals surface area contributed by atoms with Crippen LogP contribution in [0.1, 0.15) is 112 Å². The number of nitrogens with zero attached hydrogens (tertiary/aromatic N) is 8. The van der Waals surface area contributed by atoms with Gasteiger partial charge in [-0.15, -0.1) is 0 Å². The molecule has 26 heteroatoms. The second kappa shape index (κ2) is 34.5. The van der Waals surface area contributed by atoms with Gasteiger partial charge < -0.3 is 45.8 Å². The normalized spacial score (nSPS) is 14.0. The summed E-state index contributed by atoms with van der Waals surface area (Å²) in [6.45, 7) is 1.58. The summed E-state index contributed by atoms with van der Waals surface area (Å²) < 4.78 is 5.38. The van der Waals surface area contributed by atoms with Crippen LogP contribution in [0.4, 0.5) is 0 Å². The van der Waals surface area contributed by atoms with Gasteiger partial charge in [0.2, 0.25) is 5.91 Å². The molecule has 0 bridgehead atoms. The first-order chi connectivity index (χ1) is 38.2. The Kier molecular flexibility index (Phi) is 27.2. The van der Waals surface area contributed by atoms with Gasteiger partial charge in [-0.05, 0) is 63.3 Å². The fourth-order valence-electron chi connectivity index (χ4n) is 9.36. The maximum absolute atomic E-state index is 14.7. The third kappa shape index (κ3) is 22.8. The summed E-state index contributed by atoms with van der Waals surface area (Å²) in [4.78, 5) is 148. The number of ketones is 6. The average Bonchev–Trinajstić information content (AvgIpc) is 4.32. The molecule has 0 aliphatic carbocycles. The molecule has 5 heterocycles. The molecule has 5 aromatic rings. The number of aromatic nitrogens is 10. The molecule has 0 saturated heterocycles. The summed E-state index contributed by atoms with van der Waals surface area (Å²) >= 11 is 4.46. The lowest BCUT2D eigenvalue weighted by Gasteiger charge is -2.23. The Balaban J connectivity index is 1.21. The van der Waals surface area contributed by atoms with Crippen molar-refractivity contribution in [3.63, 3.8) is 0 Å². The number of aliphatic carboxylic acids is 1. The van der Waals surface area contributed by atoms with E-state index in [1.54, 1.807) is 12.4 Å². The highest BCUT2D eigenvalue weighted by molar-refractivity contribution is 7.80. The number of unbranched alkanes of at least 4 members (excludes halogenated alkanes) is 3. The molecule has 0 radical (unpaired) electrons. The Morgan fingerprint density at radius 3 is 1.34 bits per heavy atom. The third-order valence-electron chi connectivity index (χ3n) is 13.9. The van der Waals surface area contributed by atoms with E-state index < -0.39 is 70.7 Å². The van der Waals surface area contributed by atoms with Crippen molar-refractivity contribution in [2.75, 3.05) is 32.1 Å². The summed E-state index contributed by atoms with van der Waals surface area (Å²) in [5.74, 6) is -9.52. The Bertz CT molecular complexity index is 2680. The van der Waals surface area contributed by atoms with Crippen LogP contribution < -0.4 is 11.1 Å². The van der Waals surface area contributed by atoms with E-state index in [0.717, 1.165) is 12.8 Å². The van der Waals surface area contributed by atoms with Gasteiger partial charge in [0.1, 0.15) is 34.7 Å². The minimum atomic E-state index is -1.18. The number of amides is 1. The monoisotopic (exact) mass is 1110 g/mol. The number of carboxylic acids is 1. The number of azide groups is 1. The van der Waals surface area contributed by atoms with Crippen LogP contribution in [0.3, 0.4) is 0 Å². The second-order valence-corrected chi connectivity index (χ2v) is 20.3. The number of carboxylic acid groups (broad SMARTS) is 1. The number of nitrogens with one attached hydrogen (secondary N) is 6. The number of carbonyl (C=O) groups is 8. The number of thiol groups is 1. The fourth-order valence-corrected chi connectivity index (χ4v) is 9.69. The summed E-state index contributed by atoms with van der Waals surface area (Å²) in [5.41, 5.74) is 17.5. The molecule has 7 unspecified atom stereocenters. The third-order valence-corrected chi connectivity index (χ3v) is 14.3. The Labute approximate surface area is 462 Å². The van der Waals surface area contributed by atoms with E-state index in [-0.39, 0.29) is 100 Å². The molecule has 7 atom stereocenters. The SMILES string of the molecule is [N-]=[N+]=NCCOCCCCCC(=O)NCCCCC(N)C(=O)CC(Cc1cnc[nH]1)C(=O)CC(Cc1cnc[nH]1)C(=O)CC(Cc1cnc[nH]1)C(=O)CC(CS)C(=O)CC(Cc1cnc[nH]1)C(=O)CC(Cc1cnc[nH]1)C(=O)O. The highest BCUT2D eigenvalue weighted by Gasteiger charge is 2.36. The fraction of sp³-hybridized carbons (Fsp3) is 0.566. The Hall–Kier alpha value is -7.41. The van der Waals surface area contributed by atoms with Crippen molar-refractivity contribution in [2.45, 2.75) is 122 Å². The van der Waals surface area contributed by atoms with Gasteiger partial charge in [0.15, 0.2) is 0 Å². The summed E-state index contributed by atoms with van der Waals surface area (Å²) in [5, 5.41) is 16.3. The molecule has 0 aliphatic rings. The zero-order valence-corrected chi connectivity index (χ0v) is 45.2. The molecular formula is C53H73N15O10S. The molecule has 5 rings (SSSR count). The molecule has 9 N–H and O–H groups in total. The molecular weight excluding hydrogens is 1040 g/mol. The topological polar surface area (TPSA) is 396 Å². The van der Waals surface area contributed by atoms with Crippen molar-refractivity contribution in [2.24, 2.45) is 46.4 Å². The smallest absolute Gasteiger partial charge is 0.307 e. The summed E-state index contributed by atoms with van der Waals surface area (Å²) in [6, 6.07) is -0.878. The van der Waals surface area contributed by atoms with Crippen LogP contribution in [0.15, 0.2) is 67.7 Å². The van der Waals surface area contributed by atoms with E-state index in [1.807, 2.05) is 0 Å².